The number of para-hydroxylation sites is 1. The molecule has 0 saturated carbocycles. The minimum absolute atomic E-state index is 0.716. The summed E-state index contributed by atoms with van der Waals surface area (Å²) in [6.45, 7) is 2.84. The molecule has 0 unspecified atom stereocenters. The van der Waals surface area contributed by atoms with Crippen molar-refractivity contribution in [3.05, 3.63) is 59.7 Å². The Balaban J connectivity index is 1.75. The molecule has 1 aromatic heterocycles. The van der Waals surface area contributed by atoms with E-state index in [-0.39, 0.29) is 0 Å². The predicted octanol–water partition coefficient (Wildman–Crippen LogP) is 2.66. The maximum Gasteiger partial charge on any atom is 0.250 e. The third kappa shape index (κ3) is 3.37. The van der Waals surface area contributed by atoms with Crippen molar-refractivity contribution in [2.24, 2.45) is 0 Å². The second-order valence-corrected chi connectivity index (χ2v) is 5.71. The molecule has 0 spiro atoms. The number of aryl methyl sites for hydroxylation is 1. The molecule has 3 aromatic rings. The van der Waals surface area contributed by atoms with Crippen LogP contribution in [0.25, 0.3) is 5.69 Å². The Morgan fingerprint density at radius 2 is 1.83 bits per heavy atom. The van der Waals surface area contributed by atoms with E-state index in [1.54, 1.807) is 11.8 Å². The number of likely N-dealkylation sites (N-methyl/N-ethyl adjacent to an activating group) is 1. The Hall–Kier alpha value is -2.89. The van der Waals surface area contributed by atoms with E-state index in [0.717, 1.165) is 24.4 Å². The van der Waals surface area contributed by atoms with Crippen LogP contribution < -0.4 is 9.64 Å². The number of tetrazole rings is 1. The van der Waals surface area contributed by atoms with Crippen LogP contribution in [0.5, 0.6) is 5.75 Å². The van der Waals surface area contributed by atoms with Crippen LogP contribution >= 0.6 is 0 Å². The number of methoxy groups -OCH3 is 1. The third-order valence-electron chi connectivity index (χ3n) is 3.98. The number of rotatable bonds is 6. The molecule has 6 nitrogen and oxygen atoms in total. The van der Waals surface area contributed by atoms with E-state index in [1.807, 2.05) is 42.3 Å². The first-order valence-corrected chi connectivity index (χ1v) is 7.87. The lowest BCUT2D eigenvalue weighted by atomic mass is 10.1. The summed E-state index contributed by atoms with van der Waals surface area (Å²) in [5.74, 6) is 1.62. The summed E-state index contributed by atoms with van der Waals surface area (Å²) in [7, 11) is 3.69. The highest BCUT2D eigenvalue weighted by atomic mass is 16.5. The molecule has 0 aliphatic carbocycles. The van der Waals surface area contributed by atoms with Gasteiger partial charge in [-0.2, -0.15) is 4.68 Å². The molecule has 124 valence electrons. The first-order valence-electron chi connectivity index (χ1n) is 7.87. The fourth-order valence-electron chi connectivity index (χ4n) is 2.57. The number of benzene rings is 2. The summed E-state index contributed by atoms with van der Waals surface area (Å²) in [4.78, 5) is 2.05. The number of anilines is 1. The molecule has 1 heterocycles. The summed E-state index contributed by atoms with van der Waals surface area (Å²) in [6.07, 6.45) is 0.848. The zero-order valence-corrected chi connectivity index (χ0v) is 14.2. The van der Waals surface area contributed by atoms with Gasteiger partial charge in [0.25, 0.3) is 0 Å². The van der Waals surface area contributed by atoms with Gasteiger partial charge in [-0.15, -0.1) is 0 Å². The summed E-state index contributed by atoms with van der Waals surface area (Å²) < 4.78 is 7.16. The lowest BCUT2D eigenvalue weighted by Gasteiger charge is -2.18. The molecular weight excluding hydrogens is 302 g/mol. The largest absolute Gasteiger partial charge is 0.496 e. The Bertz CT molecular complexity index is 797. The quantitative estimate of drug-likeness (QED) is 0.698. The molecule has 6 heteroatoms. The monoisotopic (exact) mass is 323 g/mol. The highest BCUT2D eigenvalue weighted by molar-refractivity contribution is 5.42. The van der Waals surface area contributed by atoms with Crippen LogP contribution in [-0.4, -0.2) is 40.9 Å². The zero-order chi connectivity index (χ0) is 16.9. The molecule has 0 aliphatic rings. The Morgan fingerprint density at radius 1 is 1.08 bits per heavy atom. The topological polar surface area (TPSA) is 56.1 Å². The van der Waals surface area contributed by atoms with Crippen molar-refractivity contribution in [1.29, 1.82) is 0 Å². The average Bonchev–Trinajstić information content (AvgIpc) is 3.10. The minimum atomic E-state index is 0.716. The maximum atomic E-state index is 5.41. The van der Waals surface area contributed by atoms with Gasteiger partial charge in [0.2, 0.25) is 5.95 Å². The van der Waals surface area contributed by atoms with E-state index in [4.69, 9.17) is 4.74 Å². The van der Waals surface area contributed by atoms with E-state index in [2.05, 4.69) is 40.6 Å². The fourth-order valence-corrected chi connectivity index (χ4v) is 2.57. The smallest absolute Gasteiger partial charge is 0.250 e. The zero-order valence-electron chi connectivity index (χ0n) is 14.2. The lowest BCUT2D eigenvalue weighted by molar-refractivity contribution is 0.409. The second kappa shape index (κ2) is 7.12. The SMILES string of the molecule is COc1ccccc1CCN(C)c1nnnn1-c1ccc(C)cc1. The van der Waals surface area contributed by atoms with Crippen molar-refractivity contribution >= 4 is 5.95 Å². The summed E-state index contributed by atoms with van der Waals surface area (Å²) in [5.41, 5.74) is 3.32. The molecule has 0 atom stereocenters. The number of hydrogen-bond acceptors (Lipinski definition) is 5. The van der Waals surface area contributed by atoms with E-state index in [9.17, 15) is 0 Å². The van der Waals surface area contributed by atoms with Crippen molar-refractivity contribution in [3.63, 3.8) is 0 Å². The van der Waals surface area contributed by atoms with Crippen LogP contribution in [0.2, 0.25) is 0 Å². The number of nitrogens with zero attached hydrogens (tertiary/aromatic N) is 5. The van der Waals surface area contributed by atoms with Crippen molar-refractivity contribution < 1.29 is 4.74 Å². The molecule has 0 bridgehead atoms. The first kappa shape index (κ1) is 16.0. The molecule has 0 amide bonds. The van der Waals surface area contributed by atoms with E-state index < -0.39 is 0 Å². The van der Waals surface area contributed by atoms with Crippen LogP contribution in [0.3, 0.4) is 0 Å². The molecule has 0 radical (unpaired) electrons. The fraction of sp³-hybridized carbons (Fsp3) is 0.278. The van der Waals surface area contributed by atoms with Crippen LogP contribution in [0.15, 0.2) is 48.5 Å². The summed E-state index contributed by atoms with van der Waals surface area (Å²) >= 11 is 0. The normalized spacial score (nSPS) is 10.6. The van der Waals surface area contributed by atoms with Gasteiger partial charge in [-0.1, -0.05) is 41.0 Å². The second-order valence-electron chi connectivity index (χ2n) is 5.71. The van der Waals surface area contributed by atoms with Gasteiger partial charge in [-0.3, -0.25) is 0 Å². The molecule has 0 aliphatic heterocycles. The Labute approximate surface area is 141 Å². The number of aromatic nitrogens is 4. The van der Waals surface area contributed by atoms with Crippen LogP contribution in [0.4, 0.5) is 5.95 Å². The van der Waals surface area contributed by atoms with E-state index in [0.29, 0.717) is 5.95 Å². The Morgan fingerprint density at radius 3 is 2.58 bits per heavy atom. The summed E-state index contributed by atoms with van der Waals surface area (Å²) in [5, 5.41) is 12.1. The van der Waals surface area contributed by atoms with Crippen molar-refractivity contribution in [1.82, 2.24) is 20.2 Å². The van der Waals surface area contributed by atoms with Gasteiger partial charge >= 0.3 is 0 Å². The van der Waals surface area contributed by atoms with Crippen molar-refractivity contribution in [2.45, 2.75) is 13.3 Å². The van der Waals surface area contributed by atoms with Gasteiger partial charge in [-0.05, 0) is 47.5 Å². The average molecular weight is 323 g/mol. The van der Waals surface area contributed by atoms with Gasteiger partial charge < -0.3 is 9.64 Å². The maximum absolute atomic E-state index is 5.41. The standard InChI is InChI=1S/C18H21N5O/c1-14-8-10-16(11-9-14)23-18(19-20-21-23)22(2)13-12-15-6-4-5-7-17(15)24-3/h4-11H,12-13H2,1-3H3. The first-order chi connectivity index (χ1) is 11.7. The van der Waals surface area contributed by atoms with Gasteiger partial charge in [0, 0.05) is 13.6 Å². The molecule has 0 N–H and O–H groups in total. The van der Waals surface area contributed by atoms with Gasteiger partial charge in [0.05, 0.1) is 12.8 Å². The third-order valence-corrected chi connectivity index (χ3v) is 3.98. The lowest BCUT2D eigenvalue weighted by Crippen LogP contribution is -2.24. The number of hydrogen-bond donors (Lipinski definition) is 0. The van der Waals surface area contributed by atoms with Crippen molar-refractivity contribution in [3.8, 4) is 11.4 Å². The van der Waals surface area contributed by atoms with Crippen LogP contribution in [0.1, 0.15) is 11.1 Å². The summed E-state index contributed by atoms with van der Waals surface area (Å²) in [6, 6.07) is 16.2. The molecule has 0 saturated heterocycles. The molecule has 2 aromatic carbocycles. The Kier molecular flexibility index (Phi) is 4.74. The molecular formula is C18H21N5O. The van der Waals surface area contributed by atoms with Crippen LogP contribution in [0, 0.1) is 6.92 Å². The minimum Gasteiger partial charge on any atom is -0.496 e. The highest BCUT2D eigenvalue weighted by Crippen LogP contribution is 2.19. The van der Waals surface area contributed by atoms with Crippen LogP contribution in [-0.2, 0) is 6.42 Å². The predicted molar refractivity (Wildman–Crippen MR) is 93.9 cm³/mol. The van der Waals surface area contributed by atoms with Gasteiger partial charge in [-0.25, -0.2) is 0 Å². The van der Waals surface area contributed by atoms with Gasteiger partial charge in [0.15, 0.2) is 0 Å². The van der Waals surface area contributed by atoms with Gasteiger partial charge in [0.1, 0.15) is 5.75 Å². The highest BCUT2D eigenvalue weighted by Gasteiger charge is 2.13. The molecule has 0 fully saturated rings. The van der Waals surface area contributed by atoms with E-state index >= 15 is 0 Å². The molecule has 3 rings (SSSR count). The van der Waals surface area contributed by atoms with Crippen molar-refractivity contribution in [2.75, 3.05) is 25.6 Å². The number of ether oxygens (including phenoxy) is 1. The molecule has 24 heavy (non-hydrogen) atoms. The van der Waals surface area contributed by atoms with E-state index in [1.165, 1.54) is 11.1 Å².